The molecule has 0 unspecified atom stereocenters. The first-order valence-corrected chi connectivity index (χ1v) is 9.77. The van der Waals surface area contributed by atoms with Gasteiger partial charge in [-0.05, 0) is 58.0 Å². The lowest BCUT2D eigenvalue weighted by molar-refractivity contribution is 0.0130. The topological polar surface area (TPSA) is 111 Å². The zero-order chi connectivity index (χ0) is 21.2. The third-order valence-electron chi connectivity index (χ3n) is 4.94. The zero-order valence-electron chi connectivity index (χ0n) is 17.5. The summed E-state index contributed by atoms with van der Waals surface area (Å²) in [5.41, 5.74) is 13.8. The van der Waals surface area contributed by atoms with Crippen LogP contribution in [0.15, 0.2) is 54.7 Å². The number of benzene rings is 1. The summed E-state index contributed by atoms with van der Waals surface area (Å²) in [7, 11) is 0. The van der Waals surface area contributed by atoms with E-state index in [1.165, 1.54) is 0 Å². The maximum atomic E-state index is 10.4. The van der Waals surface area contributed by atoms with Gasteiger partial charge in [-0.2, -0.15) is 5.10 Å². The predicted molar refractivity (Wildman–Crippen MR) is 115 cm³/mol. The van der Waals surface area contributed by atoms with Crippen molar-refractivity contribution < 1.29 is 9.84 Å². The largest absolute Gasteiger partial charge is 0.507 e. The van der Waals surface area contributed by atoms with Crippen molar-refractivity contribution in [2.45, 2.75) is 57.7 Å². The summed E-state index contributed by atoms with van der Waals surface area (Å²) < 4.78 is 7.64. The molecule has 7 nitrogen and oxygen atoms in total. The van der Waals surface area contributed by atoms with Crippen molar-refractivity contribution in [2.75, 3.05) is 0 Å². The molecule has 1 aliphatic rings. The number of ether oxygens (including phenoxy) is 1. The molecule has 0 atom stereocenters. The monoisotopic (exact) mass is 397 g/mol. The van der Waals surface area contributed by atoms with Gasteiger partial charge in [0, 0.05) is 53.6 Å². The van der Waals surface area contributed by atoms with E-state index in [1.54, 1.807) is 41.4 Å². The lowest BCUT2D eigenvalue weighted by Crippen LogP contribution is -2.59. The van der Waals surface area contributed by atoms with Crippen molar-refractivity contribution in [3.63, 3.8) is 0 Å². The average molecular weight is 398 g/mol. The first-order chi connectivity index (χ1) is 13.5. The molecule has 1 aliphatic heterocycles. The number of nitrogens with two attached hydrogens (primary N) is 2. The van der Waals surface area contributed by atoms with Crippen LogP contribution in [-0.2, 0) is 4.74 Å². The van der Waals surface area contributed by atoms with Crippen molar-refractivity contribution in [2.24, 2.45) is 11.5 Å². The lowest BCUT2D eigenvalue weighted by atomic mass is 9.81. The van der Waals surface area contributed by atoms with Crippen LogP contribution in [0.1, 0.15) is 46.1 Å². The SMILES string of the molecule is CC1(C)CC(O/C(N)=C/C=C(\N)c2ccc(-n3cccn3)cc2O)CC(C)(C)N1. The second-order valence-corrected chi connectivity index (χ2v) is 8.88. The molecule has 1 aromatic carbocycles. The van der Waals surface area contributed by atoms with Crippen molar-refractivity contribution in [3.05, 3.63) is 60.3 Å². The zero-order valence-corrected chi connectivity index (χ0v) is 17.5. The van der Waals surface area contributed by atoms with E-state index in [0.29, 0.717) is 17.1 Å². The number of piperidine rings is 1. The molecule has 156 valence electrons. The Balaban J connectivity index is 1.70. The van der Waals surface area contributed by atoms with Crippen LogP contribution in [0.5, 0.6) is 5.75 Å². The molecule has 1 saturated heterocycles. The van der Waals surface area contributed by atoms with Gasteiger partial charge >= 0.3 is 0 Å². The minimum Gasteiger partial charge on any atom is -0.507 e. The summed E-state index contributed by atoms with van der Waals surface area (Å²) >= 11 is 0. The third-order valence-corrected chi connectivity index (χ3v) is 4.94. The molecule has 0 spiro atoms. The minimum absolute atomic E-state index is 0.0221. The van der Waals surface area contributed by atoms with Gasteiger partial charge in [-0.15, -0.1) is 0 Å². The van der Waals surface area contributed by atoms with E-state index in [-0.39, 0.29) is 22.9 Å². The molecule has 1 fully saturated rings. The Kier molecular flexibility index (Phi) is 5.61. The molecule has 0 amide bonds. The second kappa shape index (κ2) is 7.83. The number of allylic oxidation sites excluding steroid dienone is 2. The number of hydrogen-bond acceptors (Lipinski definition) is 6. The molecular formula is C22H31N5O2. The fourth-order valence-corrected chi connectivity index (χ4v) is 4.13. The van der Waals surface area contributed by atoms with Gasteiger partial charge in [-0.3, -0.25) is 0 Å². The van der Waals surface area contributed by atoms with Crippen LogP contribution < -0.4 is 16.8 Å². The summed E-state index contributed by atoms with van der Waals surface area (Å²) in [6.45, 7) is 8.66. The molecule has 3 rings (SSSR count). The van der Waals surface area contributed by atoms with Crippen LogP contribution >= 0.6 is 0 Å². The molecule has 0 saturated carbocycles. The first kappa shape index (κ1) is 20.8. The second-order valence-electron chi connectivity index (χ2n) is 8.88. The maximum Gasteiger partial charge on any atom is 0.184 e. The Morgan fingerprint density at radius 3 is 2.48 bits per heavy atom. The van der Waals surface area contributed by atoms with Crippen molar-refractivity contribution in [1.29, 1.82) is 0 Å². The molecule has 0 bridgehead atoms. The quantitative estimate of drug-likeness (QED) is 0.456. The van der Waals surface area contributed by atoms with Gasteiger partial charge in [-0.25, -0.2) is 4.68 Å². The minimum atomic E-state index is -0.0241. The molecule has 0 aliphatic carbocycles. The van der Waals surface area contributed by atoms with Gasteiger partial charge in [-0.1, -0.05) is 0 Å². The number of aromatic nitrogens is 2. The number of phenolic OH excluding ortho intramolecular Hbond substituents is 1. The van der Waals surface area contributed by atoms with Crippen LogP contribution in [0.3, 0.4) is 0 Å². The van der Waals surface area contributed by atoms with E-state index in [2.05, 4.69) is 38.1 Å². The van der Waals surface area contributed by atoms with Crippen LogP contribution in [0, 0.1) is 0 Å². The number of rotatable bonds is 5. The van der Waals surface area contributed by atoms with Crippen LogP contribution in [-0.4, -0.2) is 32.1 Å². The van der Waals surface area contributed by atoms with Gasteiger partial charge < -0.3 is 26.6 Å². The summed E-state index contributed by atoms with van der Waals surface area (Å²) in [5.74, 6) is 0.376. The molecule has 7 heteroatoms. The number of nitrogens with one attached hydrogen (secondary N) is 1. The van der Waals surface area contributed by atoms with Crippen molar-refractivity contribution in [1.82, 2.24) is 15.1 Å². The predicted octanol–water partition coefficient (Wildman–Crippen LogP) is 3.00. The standard InChI is InChI=1S/C22H31N5O2/c1-21(2)13-16(14-22(3,4)26-21)29-20(24)9-8-18(23)17-7-6-15(12-19(17)28)27-11-5-10-25-27/h5-12,16,26,28H,13-14,23-24H2,1-4H3/b18-8-,20-9+. The Morgan fingerprint density at radius 1 is 1.21 bits per heavy atom. The first-order valence-electron chi connectivity index (χ1n) is 9.77. The number of nitrogens with zero attached hydrogens (tertiary/aromatic N) is 2. The highest BCUT2D eigenvalue weighted by molar-refractivity contribution is 5.70. The average Bonchev–Trinajstić information content (AvgIpc) is 3.11. The van der Waals surface area contributed by atoms with E-state index < -0.39 is 0 Å². The van der Waals surface area contributed by atoms with E-state index >= 15 is 0 Å². The van der Waals surface area contributed by atoms with Crippen molar-refractivity contribution in [3.8, 4) is 11.4 Å². The van der Waals surface area contributed by atoms with E-state index in [9.17, 15) is 5.11 Å². The molecular weight excluding hydrogens is 366 g/mol. The summed E-state index contributed by atoms with van der Waals surface area (Å²) in [6.07, 6.45) is 8.51. The third kappa shape index (κ3) is 5.32. The Hall–Kier alpha value is -2.93. The fraction of sp³-hybridized carbons (Fsp3) is 0.409. The summed E-state index contributed by atoms with van der Waals surface area (Å²) in [4.78, 5) is 0. The number of hydrogen-bond donors (Lipinski definition) is 4. The molecule has 0 radical (unpaired) electrons. The van der Waals surface area contributed by atoms with Gasteiger partial charge in [0.2, 0.25) is 0 Å². The fourth-order valence-electron chi connectivity index (χ4n) is 4.13. The lowest BCUT2D eigenvalue weighted by Gasteiger charge is -2.46. The molecule has 2 aromatic rings. The van der Waals surface area contributed by atoms with Gasteiger partial charge in [0.15, 0.2) is 5.88 Å². The molecule has 1 aromatic heterocycles. The van der Waals surface area contributed by atoms with Crippen molar-refractivity contribution >= 4 is 5.70 Å². The number of aromatic hydroxyl groups is 1. The van der Waals surface area contributed by atoms with Crippen LogP contribution in [0.4, 0.5) is 0 Å². The summed E-state index contributed by atoms with van der Waals surface area (Å²) in [5, 5.41) is 18.1. The summed E-state index contributed by atoms with van der Waals surface area (Å²) in [6, 6.07) is 7.02. The highest BCUT2D eigenvalue weighted by Gasteiger charge is 2.38. The Morgan fingerprint density at radius 2 is 1.90 bits per heavy atom. The Labute approximate surface area is 172 Å². The molecule has 2 heterocycles. The van der Waals surface area contributed by atoms with Crippen LogP contribution in [0.25, 0.3) is 11.4 Å². The smallest absolute Gasteiger partial charge is 0.184 e. The van der Waals surface area contributed by atoms with Gasteiger partial charge in [0.05, 0.1) is 5.69 Å². The highest BCUT2D eigenvalue weighted by Crippen LogP contribution is 2.31. The van der Waals surface area contributed by atoms with Crippen LogP contribution in [0.2, 0.25) is 0 Å². The van der Waals surface area contributed by atoms with Gasteiger partial charge in [0.1, 0.15) is 11.9 Å². The molecule has 6 N–H and O–H groups in total. The van der Waals surface area contributed by atoms with Gasteiger partial charge in [0.25, 0.3) is 0 Å². The normalized spacial score (nSPS) is 19.9. The highest BCUT2D eigenvalue weighted by atomic mass is 16.5. The molecule has 29 heavy (non-hydrogen) atoms. The van der Waals surface area contributed by atoms with E-state index in [1.807, 2.05) is 12.1 Å². The maximum absolute atomic E-state index is 10.4. The van der Waals surface area contributed by atoms with E-state index in [4.69, 9.17) is 16.2 Å². The van der Waals surface area contributed by atoms with E-state index in [0.717, 1.165) is 18.5 Å². The number of phenols is 1. The Bertz CT molecular complexity index is 897.